The first-order valence-electron chi connectivity index (χ1n) is 9.46. The highest BCUT2D eigenvalue weighted by atomic mass is 32.2. The van der Waals surface area contributed by atoms with Crippen LogP contribution in [0.4, 0.5) is 5.82 Å². The molecule has 1 saturated carbocycles. The minimum absolute atomic E-state index is 0.169. The van der Waals surface area contributed by atoms with Gasteiger partial charge in [0.15, 0.2) is 11.5 Å². The van der Waals surface area contributed by atoms with Crippen LogP contribution < -0.4 is 10.5 Å². The normalized spacial score (nSPS) is 22.8. The topological polar surface area (TPSA) is 136 Å². The number of hydrogen-bond acceptors (Lipinski definition) is 7. The lowest BCUT2D eigenvalue weighted by Crippen LogP contribution is -2.48. The fourth-order valence-corrected chi connectivity index (χ4v) is 5.28. The molecule has 2 heterocycles. The van der Waals surface area contributed by atoms with E-state index >= 15 is 0 Å². The van der Waals surface area contributed by atoms with E-state index in [4.69, 9.17) is 5.73 Å². The minimum atomic E-state index is -3.75. The van der Waals surface area contributed by atoms with Gasteiger partial charge in [-0.3, -0.25) is 0 Å². The Balaban J connectivity index is 1.72. The number of aliphatic hydroxyl groups is 1. The Bertz CT molecular complexity index is 1170. The molecule has 0 spiro atoms. The van der Waals surface area contributed by atoms with Crippen LogP contribution >= 0.6 is 0 Å². The van der Waals surface area contributed by atoms with Gasteiger partial charge in [0.1, 0.15) is 6.33 Å². The zero-order chi connectivity index (χ0) is 20.8. The van der Waals surface area contributed by atoms with Crippen LogP contribution in [0, 0.1) is 6.92 Å². The summed E-state index contributed by atoms with van der Waals surface area (Å²) in [6.45, 7) is 3.78. The van der Waals surface area contributed by atoms with Gasteiger partial charge in [-0.15, -0.1) is 0 Å². The number of rotatable bonds is 4. The van der Waals surface area contributed by atoms with E-state index in [-0.39, 0.29) is 16.8 Å². The summed E-state index contributed by atoms with van der Waals surface area (Å²) >= 11 is 0. The number of aromatic nitrogens is 4. The van der Waals surface area contributed by atoms with Gasteiger partial charge in [0.05, 0.1) is 22.9 Å². The van der Waals surface area contributed by atoms with Gasteiger partial charge in [-0.1, -0.05) is 6.07 Å². The highest BCUT2D eigenvalue weighted by Gasteiger charge is 2.34. The van der Waals surface area contributed by atoms with Crippen LogP contribution in [0.2, 0.25) is 0 Å². The summed E-state index contributed by atoms with van der Waals surface area (Å²) in [5.41, 5.74) is 7.91. The number of aryl methyl sites for hydroxylation is 1. The van der Waals surface area contributed by atoms with E-state index in [2.05, 4.69) is 19.8 Å². The van der Waals surface area contributed by atoms with Crippen molar-refractivity contribution in [2.24, 2.45) is 0 Å². The molecule has 1 aromatic carbocycles. The highest BCUT2D eigenvalue weighted by Crippen LogP contribution is 2.31. The van der Waals surface area contributed by atoms with Crippen LogP contribution in [0.5, 0.6) is 0 Å². The van der Waals surface area contributed by atoms with Gasteiger partial charge in [-0.2, -0.15) is 5.10 Å². The average molecular weight is 417 g/mol. The number of nitrogens with zero attached hydrogens (tertiary/aromatic N) is 4. The average Bonchev–Trinajstić information content (AvgIpc) is 3.09. The largest absolute Gasteiger partial charge is 0.393 e. The molecule has 0 unspecified atom stereocenters. The molecule has 1 aliphatic rings. The van der Waals surface area contributed by atoms with Crippen LogP contribution in [0.3, 0.4) is 0 Å². The molecule has 0 amide bonds. The monoisotopic (exact) mass is 416 g/mol. The molecular formula is C19H24N6O3S. The summed E-state index contributed by atoms with van der Waals surface area (Å²) in [4.78, 5) is 8.36. The molecular weight excluding hydrogens is 392 g/mol. The van der Waals surface area contributed by atoms with E-state index in [1.54, 1.807) is 28.9 Å². The van der Waals surface area contributed by atoms with E-state index in [1.165, 1.54) is 6.33 Å². The lowest BCUT2D eigenvalue weighted by molar-refractivity contribution is 0.0975. The van der Waals surface area contributed by atoms with Crippen molar-refractivity contribution < 1.29 is 13.5 Å². The van der Waals surface area contributed by atoms with Crippen molar-refractivity contribution in [2.45, 2.75) is 56.1 Å². The van der Waals surface area contributed by atoms with Gasteiger partial charge < -0.3 is 10.8 Å². The molecule has 10 heteroatoms. The first-order valence-corrected chi connectivity index (χ1v) is 10.9. The molecule has 3 aromatic rings. The standard InChI is InChI=1S/C19H24N6O3S/c1-12-3-4-14(29(27,28)24-19(2)7-5-13(26)6-8-19)9-15(12)16-10-21-18-17(20)22-11-23-25(16)18/h3-4,9-11,13,24,26H,5-8H2,1-2H3,(H2,20,22,23). The third kappa shape index (κ3) is 3.70. The summed E-state index contributed by atoms with van der Waals surface area (Å²) < 4.78 is 30.6. The van der Waals surface area contributed by atoms with Crippen molar-refractivity contribution in [1.82, 2.24) is 24.3 Å². The number of nitrogens with two attached hydrogens (primary N) is 1. The van der Waals surface area contributed by atoms with E-state index in [1.807, 2.05) is 13.8 Å². The number of nitrogens with one attached hydrogen (secondary N) is 1. The first-order chi connectivity index (χ1) is 13.7. The van der Waals surface area contributed by atoms with E-state index in [0.717, 1.165) is 5.56 Å². The van der Waals surface area contributed by atoms with Crippen LogP contribution in [-0.2, 0) is 10.0 Å². The van der Waals surface area contributed by atoms with Gasteiger partial charge in [-0.25, -0.2) is 27.6 Å². The molecule has 0 bridgehead atoms. The van der Waals surface area contributed by atoms with E-state index in [0.29, 0.717) is 42.6 Å². The zero-order valence-electron chi connectivity index (χ0n) is 16.3. The molecule has 29 heavy (non-hydrogen) atoms. The highest BCUT2D eigenvalue weighted by molar-refractivity contribution is 7.89. The molecule has 0 radical (unpaired) electrons. The molecule has 4 rings (SSSR count). The van der Waals surface area contributed by atoms with Gasteiger partial charge >= 0.3 is 0 Å². The maximum Gasteiger partial charge on any atom is 0.241 e. The molecule has 0 aliphatic heterocycles. The zero-order valence-corrected chi connectivity index (χ0v) is 17.1. The molecule has 2 aromatic heterocycles. The summed E-state index contributed by atoms with van der Waals surface area (Å²) in [5.74, 6) is 0.252. The van der Waals surface area contributed by atoms with Crippen molar-refractivity contribution >= 4 is 21.5 Å². The van der Waals surface area contributed by atoms with Crippen LogP contribution in [0.1, 0.15) is 38.2 Å². The number of nitrogen functional groups attached to an aromatic ring is 1. The Hall–Kier alpha value is -2.56. The SMILES string of the molecule is Cc1ccc(S(=O)(=O)NC2(C)CCC(O)CC2)cc1-c1cnc2c(N)ncnn12. The van der Waals surface area contributed by atoms with E-state index in [9.17, 15) is 13.5 Å². The summed E-state index contributed by atoms with van der Waals surface area (Å²) in [6, 6.07) is 4.98. The first kappa shape index (κ1) is 19.7. The lowest BCUT2D eigenvalue weighted by atomic mass is 9.83. The van der Waals surface area contributed by atoms with Gasteiger partial charge in [0, 0.05) is 11.1 Å². The smallest absolute Gasteiger partial charge is 0.241 e. The summed E-state index contributed by atoms with van der Waals surface area (Å²) in [5, 5.41) is 13.9. The maximum atomic E-state index is 13.1. The van der Waals surface area contributed by atoms with Crippen LogP contribution in [0.15, 0.2) is 35.6 Å². The number of benzene rings is 1. The second kappa shape index (κ2) is 7.05. The summed E-state index contributed by atoms with van der Waals surface area (Å²) in [6.07, 6.45) is 4.94. The number of sulfonamides is 1. The second-order valence-electron chi connectivity index (χ2n) is 7.90. The number of aliphatic hydroxyl groups excluding tert-OH is 1. The molecule has 0 saturated heterocycles. The molecule has 154 valence electrons. The predicted octanol–water partition coefficient (Wildman–Crippen LogP) is 1.65. The fourth-order valence-electron chi connectivity index (χ4n) is 3.79. The lowest BCUT2D eigenvalue weighted by Gasteiger charge is -2.36. The van der Waals surface area contributed by atoms with Crippen molar-refractivity contribution in [3.8, 4) is 11.3 Å². The Morgan fingerprint density at radius 3 is 2.72 bits per heavy atom. The number of imidazole rings is 1. The van der Waals surface area contributed by atoms with Crippen molar-refractivity contribution in [3.05, 3.63) is 36.3 Å². The minimum Gasteiger partial charge on any atom is -0.393 e. The van der Waals surface area contributed by atoms with Gasteiger partial charge in [-0.05, 0) is 57.2 Å². The second-order valence-corrected chi connectivity index (χ2v) is 9.58. The number of hydrogen-bond donors (Lipinski definition) is 3. The quantitative estimate of drug-likeness (QED) is 0.588. The Morgan fingerprint density at radius 2 is 2.00 bits per heavy atom. The number of fused-ring (bicyclic) bond motifs is 1. The number of anilines is 1. The molecule has 9 nitrogen and oxygen atoms in total. The Morgan fingerprint density at radius 1 is 1.28 bits per heavy atom. The van der Waals surface area contributed by atoms with Gasteiger partial charge in [0.2, 0.25) is 10.0 Å². The van der Waals surface area contributed by atoms with Crippen molar-refractivity contribution in [2.75, 3.05) is 5.73 Å². The fraction of sp³-hybridized carbons (Fsp3) is 0.421. The summed E-state index contributed by atoms with van der Waals surface area (Å²) in [7, 11) is -3.75. The maximum absolute atomic E-state index is 13.1. The Labute approximate surface area is 169 Å². The van der Waals surface area contributed by atoms with E-state index < -0.39 is 15.6 Å². The third-order valence-corrected chi connectivity index (χ3v) is 7.20. The predicted molar refractivity (Wildman–Crippen MR) is 109 cm³/mol. The van der Waals surface area contributed by atoms with Gasteiger partial charge in [0.25, 0.3) is 0 Å². The molecule has 1 fully saturated rings. The van der Waals surface area contributed by atoms with Crippen LogP contribution in [-0.4, -0.2) is 44.7 Å². The van der Waals surface area contributed by atoms with Crippen molar-refractivity contribution in [3.63, 3.8) is 0 Å². The van der Waals surface area contributed by atoms with Crippen molar-refractivity contribution in [1.29, 1.82) is 0 Å². The van der Waals surface area contributed by atoms with Crippen LogP contribution in [0.25, 0.3) is 16.9 Å². The molecule has 0 atom stereocenters. The molecule has 1 aliphatic carbocycles. The Kier molecular flexibility index (Phi) is 4.80. The third-order valence-electron chi connectivity index (χ3n) is 5.57. The molecule has 4 N–H and O–H groups in total.